The summed E-state index contributed by atoms with van der Waals surface area (Å²) < 4.78 is 41.5. The van der Waals surface area contributed by atoms with Gasteiger partial charge in [0.05, 0.1) is 12.0 Å². The number of halogens is 3. The van der Waals surface area contributed by atoms with E-state index in [0.717, 1.165) is 11.1 Å². The second-order valence-electron chi connectivity index (χ2n) is 3.14. The quantitative estimate of drug-likeness (QED) is 0.720. The number of rotatable bonds is 2. The van der Waals surface area contributed by atoms with Crippen molar-refractivity contribution < 1.29 is 17.9 Å². The van der Waals surface area contributed by atoms with Gasteiger partial charge in [-0.3, -0.25) is 0 Å². The maximum absolute atomic E-state index is 12.2. The molecule has 1 rings (SSSR count). The predicted octanol–water partition coefficient (Wildman–Crippen LogP) is 3.92. The van der Waals surface area contributed by atoms with Crippen LogP contribution >= 0.6 is 11.8 Å². The minimum Gasteiger partial charge on any atom is -0.496 e. The zero-order chi connectivity index (χ0) is 11.6. The van der Waals surface area contributed by atoms with Crippen molar-refractivity contribution in [3.05, 3.63) is 23.3 Å². The predicted molar refractivity (Wildman–Crippen MR) is 54.4 cm³/mol. The van der Waals surface area contributed by atoms with E-state index in [0.29, 0.717) is 0 Å². The molecule has 0 N–H and O–H groups in total. The van der Waals surface area contributed by atoms with Gasteiger partial charge >= 0.3 is 5.51 Å². The summed E-state index contributed by atoms with van der Waals surface area (Å²) in [7, 11) is 1.37. The molecule has 0 aliphatic heterocycles. The molecule has 84 valence electrons. The van der Waals surface area contributed by atoms with Gasteiger partial charge in [-0.15, -0.1) is 0 Å². The van der Waals surface area contributed by atoms with E-state index in [1.807, 2.05) is 6.92 Å². The third-order valence-corrected chi connectivity index (χ3v) is 2.78. The van der Waals surface area contributed by atoms with Crippen LogP contribution in [0, 0.1) is 13.8 Å². The molecule has 0 saturated carbocycles. The molecule has 0 atom stereocenters. The highest BCUT2D eigenvalue weighted by molar-refractivity contribution is 8.00. The largest absolute Gasteiger partial charge is 0.496 e. The zero-order valence-corrected chi connectivity index (χ0v) is 9.42. The fourth-order valence-electron chi connectivity index (χ4n) is 1.13. The second kappa shape index (κ2) is 4.35. The molecule has 0 saturated heterocycles. The number of hydrogen-bond acceptors (Lipinski definition) is 2. The monoisotopic (exact) mass is 236 g/mol. The normalized spacial score (nSPS) is 11.6. The molecule has 0 bridgehead atoms. The molecule has 0 aliphatic rings. The van der Waals surface area contributed by atoms with E-state index >= 15 is 0 Å². The molecular weight excluding hydrogens is 225 g/mol. The Balaban J connectivity index is 3.11. The first-order valence-corrected chi connectivity index (χ1v) is 5.06. The van der Waals surface area contributed by atoms with Crippen LogP contribution < -0.4 is 4.74 Å². The fraction of sp³-hybridized carbons (Fsp3) is 0.400. The summed E-state index contributed by atoms with van der Waals surface area (Å²) in [4.78, 5) is 0.105. The van der Waals surface area contributed by atoms with Gasteiger partial charge in [-0.2, -0.15) is 13.2 Å². The molecule has 5 heteroatoms. The van der Waals surface area contributed by atoms with Gasteiger partial charge in [0, 0.05) is 0 Å². The number of aryl methyl sites for hydroxylation is 2. The smallest absolute Gasteiger partial charge is 0.446 e. The number of methoxy groups -OCH3 is 1. The molecule has 1 aromatic carbocycles. The number of hydrogen-bond donors (Lipinski definition) is 0. The Kier molecular flexibility index (Phi) is 3.54. The maximum atomic E-state index is 12.2. The minimum absolute atomic E-state index is 0.105. The van der Waals surface area contributed by atoms with Gasteiger partial charge in [0.2, 0.25) is 0 Å². The van der Waals surface area contributed by atoms with E-state index in [2.05, 4.69) is 0 Å². The van der Waals surface area contributed by atoms with Crippen molar-refractivity contribution in [1.29, 1.82) is 0 Å². The van der Waals surface area contributed by atoms with Crippen LogP contribution in [0.1, 0.15) is 11.1 Å². The van der Waals surface area contributed by atoms with Gasteiger partial charge in [-0.25, -0.2) is 0 Å². The molecule has 1 nitrogen and oxygen atoms in total. The summed E-state index contributed by atoms with van der Waals surface area (Å²) in [5, 5.41) is 0. The lowest BCUT2D eigenvalue weighted by atomic mass is 10.1. The van der Waals surface area contributed by atoms with Gasteiger partial charge < -0.3 is 4.74 Å². The summed E-state index contributed by atoms with van der Waals surface area (Å²) in [6.07, 6.45) is 0. The highest BCUT2D eigenvalue weighted by Crippen LogP contribution is 2.42. The first kappa shape index (κ1) is 12.2. The molecule has 0 spiro atoms. The van der Waals surface area contributed by atoms with E-state index in [4.69, 9.17) is 4.74 Å². The Morgan fingerprint density at radius 2 is 1.67 bits per heavy atom. The van der Waals surface area contributed by atoms with Crippen molar-refractivity contribution >= 4 is 11.8 Å². The van der Waals surface area contributed by atoms with Crippen LogP contribution in [0.5, 0.6) is 5.75 Å². The Morgan fingerprint density at radius 3 is 2.13 bits per heavy atom. The SMILES string of the molecule is COc1cc(C)c(C)cc1SC(F)(F)F. The summed E-state index contributed by atoms with van der Waals surface area (Å²) in [5.41, 5.74) is -2.55. The molecule has 0 amide bonds. The summed E-state index contributed by atoms with van der Waals surface area (Å²) in [6, 6.07) is 3.11. The van der Waals surface area contributed by atoms with E-state index in [-0.39, 0.29) is 22.4 Å². The second-order valence-corrected chi connectivity index (χ2v) is 4.24. The van der Waals surface area contributed by atoms with Crippen molar-refractivity contribution in [2.24, 2.45) is 0 Å². The molecular formula is C10H11F3OS. The molecule has 0 fully saturated rings. The first-order chi connectivity index (χ1) is 6.83. The van der Waals surface area contributed by atoms with Crippen LogP contribution in [0.2, 0.25) is 0 Å². The standard InChI is InChI=1S/C10H11F3OS/c1-6-4-8(14-3)9(5-7(6)2)15-10(11,12)13/h4-5H,1-3H3. The summed E-state index contributed by atoms with van der Waals surface area (Å²) in [5.74, 6) is 0.264. The Bertz CT molecular complexity index is 360. The minimum atomic E-state index is -4.28. The third kappa shape index (κ3) is 3.34. The van der Waals surface area contributed by atoms with E-state index < -0.39 is 5.51 Å². The zero-order valence-electron chi connectivity index (χ0n) is 8.61. The summed E-state index contributed by atoms with van der Waals surface area (Å²) >= 11 is -0.150. The lowest BCUT2D eigenvalue weighted by Gasteiger charge is -2.12. The van der Waals surface area contributed by atoms with Crippen molar-refractivity contribution in [3.63, 3.8) is 0 Å². The Labute approximate surface area is 90.6 Å². The topological polar surface area (TPSA) is 9.23 Å². The molecule has 0 aliphatic carbocycles. The lowest BCUT2D eigenvalue weighted by Crippen LogP contribution is -2.01. The third-order valence-electron chi connectivity index (χ3n) is 2.01. The van der Waals surface area contributed by atoms with Crippen LogP contribution in [0.15, 0.2) is 17.0 Å². The molecule has 0 aromatic heterocycles. The van der Waals surface area contributed by atoms with Crippen LogP contribution in [0.3, 0.4) is 0 Å². The highest BCUT2D eigenvalue weighted by Gasteiger charge is 2.30. The van der Waals surface area contributed by atoms with Gasteiger partial charge in [-0.1, -0.05) is 0 Å². The van der Waals surface area contributed by atoms with Gasteiger partial charge in [0.15, 0.2) is 0 Å². The number of ether oxygens (including phenoxy) is 1. The Hall–Kier alpha value is -0.840. The van der Waals surface area contributed by atoms with Crippen molar-refractivity contribution in [3.8, 4) is 5.75 Å². The highest BCUT2D eigenvalue weighted by atomic mass is 32.2. The number of thioether (sulfide) groups is 1. The number of benzene rings is 1. The van der Waals surface area contributed by atoms with E-state index in [9.17, 15) is 13.2 Å². The molecule has 1 aromatic rings. The molecule has 0 unspecified atom stereocenters. The summed E-state index contributed by atoms with van der Waals surface area (Å²) in [6.45, 7) is 3.61. The van der Waals surface area contributed by atoms with Crippen LogP contribution in [-0.2, 0) is 0 Å². The molecule has 0 heterocycles. The first-order valence-electron chi connectivity index (χ1n) is 4.24. The number of alkyl halides is 3. The van der Waals surface area contributed by atoms with Crippen molar-refractivity contribution in [1.82, 2.24) is 0 Å². The van der Waals surface area contributed by atoms with E-state index in [1.54, 1.807) is 13.0 Å². The molecule has 0 radical (unpaired) electrons. The Morgan fingerprint density at radius 1 is 1.13 bits per heavy atom. The molecule has 15 heavy (non-hydrogen) atoms. The van der Waals surface area contributed by atoms with Crippen molar-refractivity contribution in [2.45, 2.75) is 24.3 Å². The van der Waals surface area contributed by atoms with Gasteiger partial charge in [-0.05, 0) is 48.9 Å². The average Bonchev–Trinajstić information content (AvgIpc) is 2.08. The lowest BCUT2D eigenvalue weighted by molar-refractivity contribution is -0.0328. The van der Waals surface area contributed by atoms with Gasteiger partial charge in [0.25, 0.3) is 0 Å². The fourth-order valence-corrected chi connectivity index (χ4v) is 1.86. The maximum Gasteiger partial charge on any atom is 0.446 e. The van der Waals surface area contributed by atoms with E-state index in [1.165, 1.54) is 13.2 Å². The van der Waals surface area contributed by atoms with Gasteiger partial charge in [0.1, 0.15) is 5.75 Å². The van der Waals surface area contributed by atoms with Crippen LogP contribution in [0.4, 0.5) is 13.2 Å². The van der Waals surface area contributed by atoms with Crippen molar-refractivity contribution in [2.75, 3.05) is 7.11 Å². The van der Waals surface area contributed by atoms with Crippen LogP contribution in [-0.4, -0.2) is 12.6 Å². The average molecular weight is 236 g/mol. The van der Waals surface area contributed by atoms with Crippen LogP contribution in [0.25, 0.3) is 0 Å².